The van der Waals surface area contributed by atoms with Gasteiger partial charge in [0.15, 0.2) is 18.0 Å². The van der Waals surface area contributed by atoms with Crippen LogP contribution < -0.4 is 26.6 Å². The Hall–Kier alpha value is -7.79. The van der Waals surface area contributed by atoms with Gasteiger partial charge in [0.2, 0.25) is 17.7 Å². The smallest absolute Gasteiger partial charge is 0.326 e. The van der Waals surface area contributed by atoms with Crippen LogP contribution in [0.15, 0.2) is 157 Å². The van der Waals surface area contributed by atoms with Gasteiger partial charge in [-0.3, -0.25) is 28.8 Å². The van der Waals surface area contributed by atoms with Crippen LogP contribution in [-0.4, -0.2) is 93.0 Å². The molecule has 70 heavy (non-hydrogen) atoms. The van der Waals surface area contributed by atoms with Crippen LogP contribution in [0.5, 0.6) is 0 Å². The summed E-state index contributed by atoms with van der Waals surface area (Å²) in [5.74, 6) is -7.71. The minimum Gasteiger partial charge on any atom is -0.480 e. The summed E-state index contributed by atoms with van der Waals surface area (Å²) in [7, 11) is 0. The second kappa shape index (κ2) is 24.0. The SMILES string of the molecule is O=C(N[C@@H](Cc1ccccc1)C(=O)O)[C@H]1CC(=O)[C@@H](Cc2ccccc2)NC(=O)[C@H](Cc2ccc(-c3ccccc3)cc2)NC(=O)[C@@H](Cc2cccs2)NC(=O)[C@H](O)[C@@H](O)C(=O)Nc2ccc(cc2)C1. The number of fused-ring (bicyclic) bond motifs is 18. The Bertz CT molecular complexity index is 2740. The lowest BCUT2D eigenvalue weighted by atomic mass is 9.89. The van der Waals surface area contributed by atoms with E-state index in [0.29, 0.717) is 27.1 Å². The van der Waals surface area contributed by atoms with Gasteiger partial charge in [0, 0.05) is 42.2 Å². The highest BCUT2D eigenvalue weighted by molar-refractivity contribution is 7.09. The lowest BCUT2D eigenvalue weighted by molar-refractivity contribution is -0.144. The third kappa shape index (κ3) is 13.9. The van der Waals surface area contributed by atoms with Gasteiger partial charge in [-0.25, -0.2) is 4.79 Å². The Morgan fingerprint density at radius 1 is 0.557 bits per heavy atom. The molecule has 6 aromatic rings. The number of nitrogens with one attached hydrogen (secondary N) is 5. The van der Waals surface area contributed by atoms with Crippen LogP contribution in [0.3, 0.4) is 0 Å². The highest BCUT2D eigenvalue weighted by Gasteiger charge is 2.36. The van der Waals surface area contributed by atoms with E-state index >= 15 is 0 Å². The van der Waals surface area contributed by atoms with Crippen LogP contribution >= 0.6 is 11.3 Å². The number of carboxylic acid groups (broad SMARTS) is 1. The molecule has 360 valence electrons. The molecule has 0 fully saturated rings. The summed E-state index contributed by atoms with van der Waals surface area (Å²) in [6.45, 7) is 0. The van der Waals surface area contributed by atoms with Gasteiger partial charge in [-0.1, -0.05) is 133 Å². The fraction of sp³-hybridized carbons (Fsp3) is 0.241. The van der Waals surface area contributed by atoms with Crippen molar-refractivity contribution in [1.29, 1.82) is 0 Å². The monoisotopic (exact) mass is 963 g/mol. The molecule has 2 aliphatic heterocycles. The van der Waals surface area contributed by atoms with Gasteiger partial charge in [0.1, 0.15) is 18.1 Å². The van der Waals surface area contributed by atoms with Gasteiger partial charge in [-0.15, -0.1) is 11.3 Å². The summed E-state index contributed by atoms with van der Waals surface area (Å²) in [6, 6.07) is 38.7. The second-order valence-electron chi connectivity index (χ2n) is 17.2. The van der Waals surface area contributed by atoms with Crippen molar-refractivity contribution in [2.24, 2.45) is 5.92 Å². The number of amides is 5. The molecule has 2 aliphatic rings. The fourth-order valence-corrected chi connectivity index (χ4v) is 8.89. The quantitative estimate of drug-likeness (QED) is 0.0814. The van der Waals surface area contributed by atoms with Crippen molar-refractivity contribution >= 4 is 58.3 Å². The predicted octanol–water partition coefficient (Wildman–Crippen LogP) is 4.20. The molecule has 7 atom stereocenters. The van der Waals surface area contributed by atoms with Crippen molar-refractivity contribution in [2.45, 2.75) is 74.9 Å². The maximum Gasteiger partial charge on any atom is 0.326 e. The molecule has 5 aromatic carbocycles. The lowest BCUT2D eigenvalue weighted by Gasteiger charge is -2.27. The highest BCUT2D eigenvalue weighted by Crippen LogP contribution is 2.22. The maximum absolute atomic E-state index is 14.8. The fourth-order valence-electron chi connectivity index (χ4n) is 8.14. The summed E-state index contributed by atoms with van der Waals surface area (Å²) in [5.41, 5.74) is 4.48. The van der Waals surface area contributed by atoms with Crippen LogP contribution in [-0.2, 0) is 65.7 Å². The first-order chi connectivity index (χ1) is 33.8. The third-order valence-corrected chi connectivity index (χ3v) is 12.9. The zero-order valence-electron chi connectivity index (χ0n) is 37.9. The number of carbonyl (C=O) groups excluding carboxylic acids is 6. The Morgan fingerprint density at radius 3 is 1.70 bits per heavy atom. The van der Waals surface area contributed by atoms with Crippen LogP contribution in [0.2, 0.25) is 0 Å². The number of aliphatic hydroxyl groups is 2. The summed E-state index contributed by atoms with van der Waals surface area (Å²) >= 11 is 1.29. The van der Waals surface area contributed by atoms with Gasteiger partial charge in [0.25, 0.3) is 11.8 Å². The molecule has 1 aromatic heterocycles. The van der Waals surface area contributed by atoms with Gasteiger partial charge < -0.3 is 41.9 Å². The van der Waals surface area contributed by atoms with E-state index in [-0.39, 0.29) is 37.8 Å². The standard InChI is InChI=1S/C54H53N5O10S/c60-46-31-39(49(63)59-45(54(68)69)30-34-13-6-2-7-14-34)27-35-20-24-40(25-21-35)55-52(66)47(61)48(62)53(67)58-44(32-41-17-10-26-70-41)51(65)57-43(50(64)56-42(46)28-33-11-4-1-5-12-33)29-36-18-22-38(23-19-36)37-15-8-3-9-16-37/h1-26,39,42-45,47-48,61-62H,27-32H2,(H,55,66)(H,56,64)(H,57,65)(H,58,67)(H,59,63)(H,68,69)/t39-,42-,43+,44-,45+,47-,48-/m1/s1. The van der Waals surface area contributed by atoms with Crippen molar-refractivity contribution in [3.8, 4) is 11.1 Å². The molecule has 0 saturated carbocycles. The number of aliphatic hydroxyl groups excluding tert-OH is 2. The van der Waals surface area contributed by atoms with E-state index in [9.17, 15) is 48.9 Å². The number of hydrogen-bond acceptors (Lipinski definition) is 10. The molecule has 2 bridgehead atoms. The number of ketones is 1. The lowest BCUT2D eigenvalue weighted by Crippen LogP contribution is -2.59. The number of carbonyl (C=O) groups is 7. The average Bonchev–Trinajstić information content (AvgIpc) is 3.89. The molecule has 0 aliphatic carbocycles. The molecule has 0 radical (unpaired) electrons. The number of benzene rings is 5. The first-order valence-electron chi connectivity index (χ1n) is 22.8. The molecule has 0 spiro atoms. The van der Waals surface area contributed by atoms with E-state index in [4.69, 9.17) is 0 Å². The molecule has 15 nitrogen and oxygen atoms in total. The van der Waals surface area contributed by atoms with E-state index in [0.717, 1.165) is 11.1 Å². The molecule has 8 rings (SSSR count). The van der Waals surface area contributed by atoms with Gasteiger partial charge in [-0.2, -0.15) is 0 Å². The number of aliphatic carboxylic acids is 1. The minimum absolute atomic E-state index is 0.0103. The van der Waals surface area contributed by atoms with E-state index in [1.165, 1.54) is 23.5 Å². The first-order valence-corrected chi connectivity index (χ1v) is 23.6. The zero-order chi connectivity index (χ0) is 49.6. The van der Waals surface area contributed by atoms with Crippen LogP contribution in [0.25, 0.3) is 11.1 Å². The van der Waals surface area contributed by atoms with E-state index in [1.807, 2.05) is 42.5 Å². The largest absolute Gasteiger partial charge is 0.480 e. The number of hydrogen-bond donors (Lipinski definition) is 8. The Balaban J connectivity index is 1.26. The van der Waals surface area contributed by atoms with E-state index in [1.54, 1.807) is 102 Å². The number of Topliss-reactive ketones (excluding diaryl/α,β-unsaturated/α-hetero) is 1. The predicted molar refractivity (Wildman–Crippen MR) is 263 cm³/mol. The molecular weight excluding hydrogens is 911 g/mol. The molecular formula is C54H53N5O10S. The van der Waals surface area contributed by atoms with Gasteiger partial charge in [0.05, 0.1) is 6.04 Å². The number of rotatable bonds is 12. The number of carboxylic acids is 1. The maximum atomic E-state index is 14.8. The average molecular weight is 964 g/mol. The normalized spacial score (nSPS) is 21.0. The Labute approximate surface area is 408 Å². The Kier molecular flexibility index (Phi) is 17.2. The summed E-state index contributed by atoms with van der Waals surface area (Å²) in [5, 5.41) is 47.0. The topological polar surface area (TPSA) is 240 Å². The van der Waals surface area contributed by atoms with Crippen molar-refractivity contribution in [1.82, 2.24) is 21.3 Å². The van der Waals surface area contributed by atoms with E-state index < -0.39 is 90.0 Å². The van der Waals surface area contributed by atoms with Crippen molar-refractivity contribution < 1.29 is 48.9 Å². The van der Waals surface area contributed by atoms with Crippen LogP contribution in [0.1, 0.15) is 33.6 Å². The molecule has 0 unspecified atom stereocenters. The van der Waals surface area contributed by atoms with Crippen LogP contribution in [0, 0.1) is 5.92 Å². The third-order valence-electron chi connectivity index (χ3n) is 12.0. The summed E-state index contributed by atoms with van der Waals surface area (Å²) in [6.07, 6.45) is -5.37. The molecule has 5 amide bonds. The molecule has 8 N–H and O–H groups in total. The summed E-state index contributed by atoms with van der Waals surface area (Å²) < 4.78 is 0. The van der Waals surface area contributed by atoms with Gasteiger partial charge in [-0.05, 0) is 69.8 Å². The van der Waals surface area contributed by atoms with Crippen molar-refractivity contribution in [3.05, 3.63) is 184 Å². The molecule has 3 heterocycles. The Morgan fingerprint density at radius 2 is 1.09 bits per heavy atom. The molecule has 16 heteroatoms. The van der Waals surface area contributed by atoms with Crippen LogP contribution in [0.4, 0.5) is 5.69 Å². The zero-order valence-corrected chi connectivity index (χ0v) is 38.7. The molecule has 0 saturated heterocycles. The minimum atomic E-state index is -2.32. The van der Waals surface area contributed by atoms with Crippen molar-refractivity contribution in [3.63, 3.8) is 0 Å². The number of anilines is 1. The van der Waals surface area contributed by atoms with Crippen molar-refractivity contribution in [2.75, 3.05) is 5.32 Å². The summed E-state index contributed by atoms with van der Waals surface area (Å²) in [4.78, 5) is 98.3. The number of thiophene rings is 1. The second-order valence-corrected chi connectivity index (χ2v) is 18.2. The first kappa shape index (κ1) is 50.1. The van der Waals surface area contributed by atoms with Gasteiger partial charge >= 0.3 is 5.97 Å². The highest BCUT2D eigenvalue weighted by atomic mass is 32.1. The van der Waals surface area contributed by atoms with E-state index in [2.05, 4.69) is 26.6 Å².